The van der Waals surface area contributed by atoms with Gasteiger partial charge in [-0.2, -0.15) is 0 Å². The number of hydrogen-bond donors (Lipinski definition) is 2. The van der Waals surface area contributed by atoms with Gasteiger partial charge in [-0.1, -0.05) is 11.6 Å². The Balaban J connectivity index is 1.31. The van der Waals surface area contributed by atoms with Crippen LogP contribution in [0.25, 0.3) is 0 Å². The molecule has 2 saturated heterocycles. The number of ether oxygens (including phenoxy) is 2. The molecular weight excluding hydrogens is 392 g/mol. The van der Waals surface area contributed by atoms with Crippen molar-refractivity contribution in [1.29, 1.82) is 0 Å². The molecule has 8 heteroatoms. The van der Waals surface area contributed by atoms with Crippen LogP contribution in [0.4, 0.5) is 5.69 Å². The highest BCUT2D eigenvalue weighted by molar-refractivity contribution is 6.33. The van der Waals surface area contributed by atoms with Crippen LogP contribution in [0.1, 0.15) is 28.8 Å². The average molecular weight is 423 g/mol. The van der Waals surface area contributed by atoms with Crippen molar-refractivity contribution in [2.75, 3.05) is 65.3 Å². The minimum atomic E-state index is -0.193. The standard InChI is InChI=1S/C21H31ClN4O3/c1-25-5-2-14(3-6-25)12-26-7-9-28-15(13-26)11-24-21(27)17-10-18(22)19(23)16-4-8-29-20(16)17/h10,14-15H,2-9,11-13,23H2,1H3,(H,24,27). The summed E-state index contributed by atoms with van der Waals surface area (Å²) in [6.45, 7) is 7.01. The molecule has 1 aromatic carbocycles. The number of morpholine rings is 1. The maximum atomic E-state index is 12.8. The van der Waals surface area contributed by atoms with Gasteiger partial charge in [0.2, 0.25) is 0 Å². The molecule has 0 aliphatic carbocycles. The van der Waals surface area contributed by atoms with Gasteiger partial charge in [0.1, 0.15) is 5.75 Å². The van der Waals surface area contributed by atoms with Gasteiger partial charge < -0.3 is 25.4 Å². The fourth-order valence-corrected chi connectivity index (χ4v) is 4.74. The summed E-state index contributed by atoms with van der Waals surface area (Å²) in [4.78, 5) is 17.7. The summed E-state index contributed by atoms with van der Waals surface area (Å²) < 4.78 is 11.5. The molecule has 4 rings (SSSR count). The van der Waals surface area contributed by atoms with Crippen molar-refractivity contribution in [3.8, 4) is 5.75 Å². The molecule has 0 spiro atoms. The van der Waals surface area contributed by atoms with E-state index in [2.05, 4.69) is 22.2 Å². The number of fused-ring (bicyclic) bond motifs is 1. The monoisotopic (exact) mass is 422 g/mol. The summed E-state index contributed by atoms with van der Waals surface area (Å²) in [6.07, 6.45) is 3.20. The fourth-order valence-electron chi connectivity index (χ4n) is 4.52. The molecular formula is C21H31ClN4O3. The highest BCUT2D eigenvalue weighted by atomic mass is 35.5. The lowest BCUT2D eigenvalue weighted by Gasteiger charge is -2.37. The minimum Gasteiger partial charge on any atom is -0.492 e. The maximum absolute atomic E-state index is 12.8. The normalized spacial score (nSPS) is 23.6. The number of nitrogens with zero attached hydrogens (tertiary/aromatic N) is 2. The summed E-state index contributed by atoms with van der Waals surface area (Å²) >= 11 is 6.22. The minimum absolute atomic E-state index is 0.00261. The van der Waals surface area contributed by atoms with Gasteiger partial charge in [0.05, 0.1) is 35.6 Å². The van der Waals surface area contributed by atoms with E-state index in [1.54, 1.807) is 6.07 Å². The van der Waals surface area contributed by atoms with Gasteiger partial charge in [0.25, 0.3) is 5.91 Å². The number of anilines is 1. The van der Waals surface area contributed by atoms with Crippen LogP contribution in [0.3, 0.4) is 0 Å². The Bertz CT molecular complexity index is 752. The van der Waals surface area contributed by atoms with Crippen LogP contribution >= 0.6 is 11.6 Å². The number of hydrogen-bond acceptors (Lipinski definition) is 6. The third kappa shape index (κ3) is 4.79. The second-order valence-electron chi connectivity index (χ2n) is 8.43. The summed E-state index contributed by atoms with van der Waals surface area (Å²) in [6, 6.07) is 1.60. The van der Waals surface area contributed by atoms with Crippen LogP contribution in [0.2, 0.25) is 5.02 Å². The quantitative estimate of drug-likeness (QED) is 0.702. The highest BCUT2D eigenvalue weighted by Crippen LogP contribution is 2.38. The largest absolute Gasteiger partial charge is 0.492 e. The number of likely N-dealkylation sites (tertiary alicyclic amines) is 1. The van der Waals surface area contributed by atoms with E-state index < -0.39 is 0 Å². The Morgan fingerprint density at radius 2 is 2.10 bits per heavy atom. The molecule has 3 N–H and O–H groups in total. The van der Waals surface area contributed by atoms with Crippen LogP contribution in [-0.2, 0) is 11.2 Å². The van der Waals surface area contributed by atoms with Crippen molar-refractivity contribution in [2.24, 2.45) is 5.92 Å². The zero-order chi connectivity index (χ0) is 20.4. The first-order valence-electron chi connectivity index (χ1n) is 10.6. The van der Waals surface area contributed by atoms with Gasteiger partial charge in [-0.15, -0.1) is 0 Å². The van der Waals surface area contributed by atoms with Gasteiger partial charge in [-0.3, -0.25) is 9.69 Å². The van der Waals surface area contributed by atoms with E-state index in [1.165, 1.54) is 25.9 Å². The van der Waals surface area contributed by atoms with Crippen LogP contribution in [0, 0.1) is 5.92 Å². The van der Waals surface area contributed by atoms with Crippen LogP contribution in [0.5, 0.6) is 5.75 Å². The number of carbonyl (C=O) groups excluding carboxylic acids is 1. The van der Waals surface area contributed by atoms with E-state index >= 15 is 0 Å². The molecule has 1 atom stereocenters. The van der Waals surface area contributed by atoms with Crippen LogP contribution in [0.15, 0.2) is 6.07 Å². The predicted molar refractivity (Wildman–Crippen MR) is 114 cm³/mol. The second-order valence-corrected chi connectivity index (χ2v) is 8.84. The first-order valence-corrected chi connectivity index (χ1v) is 10.9. The summed E-state index contributed by atoms with van der Waals surface area (Å²) in [5.74, 6) is 1.13. The molecule has 7 nitrogen and oxygen atoms in total. The molecule has 29 heavy (non-hydrogen) atoms. The van der Waals surface area contributed by atoms with E-state index in [1.807, 2.05) is 0 Å². The predicted octanol–water partition coefficient (Wildman–Crippen LogP) is 1.63. The van der Waals surface area contributed by atoms with E-state index in [4.69, 9.17) is 26.8 Å². The molecule has 0 aromatic heterocycles. The number of nitrogens with two attached hydrogens (primary N) is 1. The third-order valence-corrected chi connectivity index (χ3v) is 6.60. The number of piperidine rings is 1. The number of halogens is 1. The first-order chi connectivity index (χ1) is 14.0. The van der Waals surface area contributed by atoms with Crippen molar-refractivity contribution in [2.45, 2.75) is 25.4 Å². The van der Waals surface area contributed by atoms with Gasteiger partial charge in [-0.05, 0) is 45.0 Å². The smallest absolute Gasteiger partial charge is 0.255 e. The molecule has 0 radical (unpaired) electrons. The molecule has 0 bridgehead atoms. The van der Waals surface area contributed by atoms with Crippen LogP contribution < -0.4 is 15.8 Å². The lowest BCUT2D eigenvalue weighted by atomic mass is 9.96. The highest BCUT2D eigenvalue weighted by Gasteiger charge is 2.28. The summed E-state index contributed by atoms with van der Waals surface area (Å²) in [5, 5.41) is 3.40. The molecule has 1 unspecified atom stereocenters. The summed E-state index contributed by atoms with van der Waals surface area (Å²) in [5.41, 5.74) is 7.82. The second kappa shape index (κ2) is 9.08. The first kappa shape index (κ1) is 20.7. The van der Waals surface area contributed by atoms with Crippen molar-refractivity contribution in [1.82, 2.24) is 15.1 Å². The Labute approximate surface area is 177 Å². The van der Waals surface area contributed by atoms with Crippen molar-refractivity contribution >= 4 is 23.2 Å². The van der Waals surface area contributed by atoms with Crippen molar-refractivity contribution < 1.29 is 14.3 Å². The van der Waals surface area contributed by atoms with Crippen molar-refractivity contribution in [3.63, 3.8) is 0 Å². The Hall–Kier alpha value is -1.54. The zero-order valence-corrected chi connectivity index (χ0v) is 17.8. The topological polar surface area (TPSA) is 80.1 Å². The Morgan fingerprint density at radius 3 is 2.90 bits per heavy atom. The Morgan fingerprint density at radius 1 is 1.31 bits per heavy atom. The lowest BCUT2D eigenvalue weighted by Crippen LogP contribution is -2.49. The molecule has 3 aliphatic heterocycles. The number of benzene rings is 1. The fraction of sp³-hybridized carbons (Fsp3) is 0.667. The lowest BCUT2D eigenvalue weighted by molar-refractivity contribution is -0.0332. The average Bonchev–Trinajstić information content (AvgIpc) is 3.21. The Kier molecular flexibility index (Phi) is 6.49. The molecule has 1 amide bonds. The van der Waals surface area contributed by atoms with Gasteiger partial charge in [0.15, 0.2) is 0 Å². The third-order valence-electron chi connectivity index (χ3n) is 6.28. The molecule has 3 heterocycles. The molecule has 1 aromatic rings. The van der Waals surface area contributed by atoms with Gasteiger partial charge in [0, 0.05) is 38.2 Å². The number of nitrogens with one attached hydrogen (secondary N) is 1. The van der Waals surface area contributed by atoms with Gasteiger partial charge >= 0.3 is 0 Å². The van der Waals surface area contributed by atoms with E-state index in [-0.39, 0.29) is 12.0 Å². The molecule has 0 saturated carbocycles. The molecule has 2 fully saturated rings. The summed E-state index contributed by atoms with van der Waals surface area (Å²) in [7, 11) is 2.19. The van der Waals surface area contributed by atoms with E-state index in [0.717, 1.165) is 31.1 Å². The van der Waals surface area contributed by atoms with Crippen LogP contribution in [-0.4, -0.2) is 81.3 Å². The number of rotatable bonds is 5. The molecule has 3 aliphatic rings. The SMILES string of the molecule is CN1CCC(CN2CCOC(CNC(=O)c3cc(Cl)c(N)c4c3OCC4)C2)CC1. The van der Waals surface area contributed by atoms with E-state index in [9.17, 15) is 4.79 Å². The van der Waals surface area contributed by atoms with Crippen molar-refractivity contribution in [3.05, 3.63) is 22.2 Å². The number of carbonyl (C=O) groups is 1. The molecule has 160 valence electrons. The maximum Gasteiger partial charge on any atom is 0.255 e. The van der Waals surface area contributed by atoms with Gasteiger partial charge in [-0.25, -0.2) is 0 Å². The number of amides is 1. The van der Waals surface area contributed by atoms with E-state index in [0.29, 0.717) is 48.2 Å². The zero-order valence-electron chi connectivity index (χ0n) is 17.1. The number of nitrogen functional groups attached to an aromatic ring is 1.